The minimum absolute atomic E-state index is 0.119. The van der Waals surface area contributed by atoms with E-state index >= 15 is 0 Å². The van der Waals surface area contributed by atoms with Gasteiger partial charge >= 0.3 is 0 Å². The molecule has 2 unspecified atom stereocenters. The smallest absolute Gasteiger partial charge is 0.220 e. The number of unbranched alkanes of at least 4 members (excludes halogenated alkanes) is 6. The van der Waals surface area contributed by atoms with Crippen molar-refractivity contribution >= 4 is 5.91 Å². The zero-order valence-corrected chi connectivity index (χ0v) is 12.0. The fourth-order valence-electron chi connectivity index (χ4n) is 2.71. The molecule has 2 N–H and O–H groups in total. The third-order valence-electron chi connectivity index (χ3n) is 4.20. The van der Waals surface area contributed by atoms with E-state index in [2.05, 4.69) is 12.2 Å². The van der Waals surface area contributed by atoms with E-state index in [0.717, 1.165) is 25.7 Å². The van der Waals surface area contributed by atoms with E-state index in [1.54, 1.807) is 0 Å². The number of rotatable bonds is 10. The standard InChI is InChI=1S/C15H27NO3/c1-2-3-4-5-6-7-8-9-12(17)16-15(10-11-15)13-14(18)19-13/h13-14,18H,2-11H2,1H3,(H,16,17). The molecule has 0 aromatic carbocycles. The molecule has 0 bridgehead atoms. The van der Waals surface area contributed by atoms with E-state index in [9.17, 15) is 9.90 Å². The highest BCUT2D eigenvalue weighted by Crippen LogP contribution is 2.47. The molecule has 0 radical (unpaired) electrons. The molecule has 1 aliphatic heterocycles. The molecular formula is C15H27NO3. The fraction of sp³-hybridized carbons (Fsp3) is 0.933. The number of hydrogen-bond donors (Lipinski definition) is 2. The predicted octanol–water partition coefficient (Wildman–Crippen LogP) is 2.49. The largest absolute Gasteiger partial charge is 0.366 e. The second-order valence-electron chi connectivity index (χ2n) is 6.02. The zero-order chi connectivity index (χ0) is 13.7. The first kappa shape index (κ1) is 14.8. The Morgan fingerprint density at radius 2 is 1.79 bits per heavy atom. The van der Waals surface area contributed by atoms with Crippen LogP contribution in [0.1, 0.15) is 71.1 Å². The van der Waals surface area contributed by atoms with Gasteiger partial charge < -0.3 is 15.2 Å². The second-order valence-corrected chi connectivity index (χ2v) is 6.02. The number of aliphatic hydroxyl groups excluding tert-OH is 1. The lowest BCUT2D eigenvalue weighted by atomic mass is 10.1. The third kappa shape index (κ3) is 4.46. The van der Waals surface area contributed by atoms with Crippen LogP contribution in [0.4, 0.5) is 0 Å². The van der Waals surface area contributed by atoms with Gasteiger partial charge in [0.15, 0.2) is 6.29 Å². The molecule has 0 spiro atoms. The quantitative estimate of drug-likeness (QED) is 0.473. The molecule has 4 nitrogen and oxygen atoms in total. The second kappa shape index (κ2) is 6.71. The van der Waals surface area contributed by atoms with Crippen LogP contribution >= 0.6 is 0 Å². The molecular weight excluding hydrogens is 242 g/mol. The lowest BCUT2D eigenvalue weighted by Crippen LogP contribution is -2.41. The van der Waals surface area contributed by atoms with Crippen molar-refractivity contribution in [2.24, 2.45) is 0 Å². The number of amides is 1. The van der Waals surface area contributed by atoms with E-state index in [0.29, 0.717) is 6.42 Å². The number of carbonyl (C=O) groups is 1. The molecule has 1 amide bonds. The van der Waals surface area contributed by atoms with Crippen molar-refractivity contribution in [3.05, 3.63) is 0 Å². The van der Waals surface area contributed by atoms with E-state index in [1.807, 2.05) is 0 Å². The number of ether oxygens (including phenoxy) is 1. The number of nitrogens with one attached hydrogen (secondary N) is 1. The highest BCUT2D eigenvalue weighted by molar-refractivity contribution is 5.77. The lowest BCUT2D eigenvalue weighted by molar-refractivity contribution is -0.122. The minimum Gasteiger partial charge on any atom is -0.366 e. The number of hydrogen-bond acceptors (Lipinski definition) is 3. The highest BCUT2D eigenvalue weighted by atomic mass is 16.7. The molecule has 2 rings (SSSR count). The summed E-state index contributed by atoms with van der Waals surface area (Å²) >= 11 is 0. The SMILES string of the molecule is CCCCCCCCCC(=O)NC1(C2OC2O)CC1. The summed E-state index contributed by atoms with van der Waals surface area (Å²) in [4.78, 5) is 11.8. The molecule has 4 heteroatoms. The Balaban J connectivity index is 1.49. The monoisotopic (exact) mass is 269 g/mol. The van der Waals surface area contributed by atoms with E-state index in [4.69, 9.17) is 4.74 Å². The van der Waals surface area contributed by atoms with Gasteiger partial charge in [-0.05, 0) is 19.3 Å². The third-order valence-corrected chi connectivity index (χ3v) is 4.20. The van der Waals surface area contributed by atoms with Gasteiger partial charge in [-0.25, -0.2) is 0 Å². The highest BCUT2D eigenvalue weighted by Gasteiger charge is 2.62. The van der Waals surface area contributed by atoms with Crippen molar-refractivity contribution in [3.63, 3.8) is 0 Å². The van der Waals surface area contributed by atoms with E-state index < -0.39 is 6.29 Å². The zero-order valence-electron chi connectivity index (χ0n) is 12.0. The van der Waals surface area contributed by atoms with Crippen molar-refractivity contribution in [1.29, 1.82) is 0 Å². The summed E-state index contributed by atoms with van der Waals surface area (Å²) in [5, 5.41) is 12.3. The molecule has 0 aromatic rings. The molecule has 2 aliphatic rings. The van der Waals surface area contributed by atoms with Crippen LogP contribution in [-0.4, -0.2) is 28.9 Å². The summed E-state index contributed by atoms with van der Waals surface area (Å²) in [6.07, 6.45) is 10.3. The first-order valence-electron chi connectivity index (χ1n) is 7.82. The van der Waals surface area contributed by atoms with Crippen LogP contribution in [0.3, 0.4) is 0 Å². The first-order valence-corrected chi connectivity index (χ1v) is 7.82. The molecule has 19 heavy (non-hydrogen) atoms. The van der Waals surface area contributed by atoms with Gasteiger partial charge in [0.05, 0.1) is 5.54 Å². The van der Waals surface area contributed by atoms with Gasteiger partial charge in [0.2, 0.25) is 5.91 Å². The molecule has 1 aliphatic carbocycles. The number of carbonyl (C=O) groups excluding carboxylic acids is 1. The summed E-state index contributed by atoms with van der Waals surface area (Å²) in [6, 6.07) is 0. The summed E-state index contributed by atoms with van der Waals surface area (Å²) in [5.74, 6) is 0.119. The molecule has 110 valence electrons. The summed E-state index contributed by atoms with van der Waals surface area (Å²) < 4.78 is 5.07. The Bertz CT molecular complexity index is 302. The Kier molecular flexibility index (Phi) is 5.22. The van der Waals surface area contributed by atoms with Crippen LogP contribution in [0, 0.1) is 0 Å². The maximum atomic E-state index is 11.8. The molecule has 2 atom stereocenters. The lowest BCUT2D eigenvalue weighted by Gasteiger charge is -2.14. The van der Waals surface area contributed by atoms with Crippen molar-refractivity contribution in [2.75, 3.05) is 0 Å². The molecule has 1 heterocycles. The van der Waals surface area contributed by atoms with Crippen LogP contribution in [0.25, 0.3) is 0 Å². The Morgan fingerprint density at radius 1 is 1.21 bits per heavy atom. The Morgan fingerprint density at radius 3 is 2.32 bits per heavy atom. The number of epoxide rings is 1. The predicted molar refractivity (Wildman–Crippen MR) is 73.6 cm³/mol. The maximum Gasteiger partial charge on any atom is 0.220 e. The van der Waals surface area contributed by atoms with Gasteiger partial charge in [-0.1, -0.05) is 45.4 Å². The molecule has 0 aromatic heterocycles. The van der Waals surface area contributed by atoms with Gasteiger partial charge in [-0.3, -0.25) is 4.79 Å². The Labute approximate surface area is 115 Å². The van der Waals surface area contributed by atoms with Crippen molar-refractivity contribution in [2.45, 2.75) is 89.1 Å². The van der Waals surface area contributed by atoms with Crippen molar-refractivity contribution in [1.82, 2.24) is 5.32 Å². The first-order chi connectivity index (χ1) is 9.18. The summed E-state index contributed by atoms with van der Waals surface area (Å²) in [7, 11) is 0. The van der Waals surface area contributed by atoms with Crippen LogP contribution in [-0.2, 0) is 9.53 Å². The van der Waals surface area contributed by atoms with Gasteiger partial charge in [-0.2, -0.15) is 0 Å². The molecule has 2 fully saturated rings. The number of aliphatic hydroxyl groups is 1. The molecule has 1 saturated heterocycles. The summed E-state index contributed by atoms with van der Waals surface area (Å²) in [5.41, 5.74) is -0.225. The van der Waals surface area contributed by atoms with Crippen molar-refractivity contribution in [3.8, 4) is 0 Å². The minimum atomic E-state index is -0.652. The van der Waals surface area contributed by atoms with Crippen LogP contribution in [0.2, 0.25) is 0 Å². The van der Waals surface area contributed by atoms with E-state index in [1.165, 1.54) is 32.1 Å². The van der Waals surface area contributed by atoms with Crippen LogP contribution in [0.15, 0.2) is 0 Å². The summed E-state index contributed by atoms with van der Waals surface area (Å²) in [6.45, 7) is 2.22. The van der Waals surface area contributed by atoms with Gasteiger partial charge in [0.1, 0.15) is 6.10 Å². The van der Waals surface area contributed by atoms with Crippen LogP contribution < -0.4 is 5.32 Å². The molecule has 1 saturated carbocycles. The van der Waals surface area contributed by atoms with Crippen molar-refractivity contribution < 1.29 is 14.6 Å². The normalized spacial score (nSPS) is 27.1. The van der Waals surface area contributed by atoms with E-state index in [-0.39, 0.29) is 17.6 Å². The van der Waals surface area contributed by atoms with Crippen LogP contribution in [0.5, 0.6) is 0 Å². The average Bonchev–Trinajstić information content (AvgIpc) is 3.27. The maximum absolute atomic E-state index is 11.8. The average molecular weight is 269 g/mol. The fourth-order valence-corrected chi connectivity index (χ4v) is 2.71. The van der Waals surface area contributed by atoms with Gasteiger partial charge in [0.25, 0.3) is 0 Å². The Hall–Kier alpha value is -0.610. The van der Waals surface area contributed by atoms with Gasteiger partial charge in [-0.15, -0.1) is 0 Å². The topological polar surface area (TPSA) is 61.9 Å². The van der Waals surface area contributed by atoms with Gasteiger partial charge in [0, 0.05) is 6.42 Å².